The van der Waals surface area contributed by atoms with Crippen molar-refractivity contribution in [3.8, 4) is 16.9 Å². The molecule has 0 radical (unpaired) electrons. The van der Waals surface area contributed by atoms with Crippen LogP contribution in [0.15, 0.2) is 66.7 Å². The number of benzene rings is 3. The fourth-order valence-electron chi connectivity index (χ4n) is 4.44. The highest BCUT2D eigenvalue weighted by Crippen LogP contribution is 2.28. The molecule has 3 aromatic rings. The van der Waals surface area contributed by atoms with E-state index in [1.165, 1.54) is 0 Å². The molecule has 194 valence electrons. The Morgan fingerprint density at radius 3 is 2.22 bits per heavy atom. The lowest BCUT2D eigenvalue weighted by Crippen LogP contribution is -2.48. The summed E-state index contributed by atoms with van der Waals surface area (Å²) in [6.45, 7) is 7.04. The van der Waals surface area contributed by atoms with Crippen molar-refractivity contribution >= 4 is 27.5 Å². The number of carbonyl (C=O) groups is 2. The van der Waals surface area contributed by atoms with Gasteiger partial charge in [0.2, 0.25) is 10.0 Å². The Kier molecular flexibility index (Phi) is 7.83. The molecule has 8 nitrogen and oxygen atoms in total. The molecule has 1 aliphatic rings. The Morgan fingerprint density at radius 2 is 1.59 bits per heavy atom. The van der Waals surface area contributed by atoms with Gasteiger partial charge < -0.3 is 14.5 Å². The second kappa shape index (κ2) is 11.0. The van der Waals surface area contributed by atoms with Crippen LogP contribution < -0.4 is 14.4 Å². The predicted octanol–water partition coefficient (Wildman–Crippen LogP) is 3.71. The molecule has 37 heavy (non-hydrogen) atoms. The molecule has 0 spiro atoms. The van der Waals surface area contributed by atoms with Gasteiger partial charge in [-0.2, -0.15) is 0 Å². The summed E-state index contributed by atoms with van der Waals surface area (Å²) in [4.78, 5) is 29.2. The van der Waals surface area contributed by atoms with Gasteiger partial charge in [-0.05, 0) is 79.1 Å². The number of rotatable bonds is 7. The molecule has 1 saturated heterocycles. The van der Waals surface area contributed by atoms with Crippen LogP contribution in [0.5, 0.6) is 5.75 Å². The summed E-state index contributed by atoms with van der Waals surface area (Å²) in [5, 5.41) is 0. The Bertz CT molecular complexity index is 1400. The second-order valence-corrected chi connectivity index (χ2v) is 10.8. The largest absolute Gasteiger partial charge is 0.494 e. The van der Waals surface area contributed by atoms with Crippen LogP contribution in [-0.2, 0) is 10.0 Å². The maximum absolute atomic E-state index is 13.2. The molecule has 0 aliphatic carbocycles. The van der Waals surface area contributed by atoms with Gasteiger partial charge >= 0.3 is 0 Å². The minimum absolute atomic E-state index is 0.00478. The molecule has 9 heteroatoms. The predicted molar refractivity (Wildman–Crippen MR) is 145 cm³/mol. The van der Waals surface area contributed by atoms with Crippen molar-refractivity contribution in [2.24, 2.45) is 0 Å². The van der Waals surface area contributed by atoms with E-state index in [0.29, 0.717) is 38.3 Å². The van der Waals surface area contributed by atoms with Crippen molar-refractivity contribution in [1.29, 1.82) is 0 Å². The number of carbonyl (C=O) groups excluding carboxylic acids is 2. The first kappa shape index (κ1) is 26.2. The van der Waals surface area contributed by atoms with Gasteiger partial charge in [0.1, 0.15) is 5.75 Å². The number of anilines is 1. The van der Waals surface area contributed by atoms with Crippen LogP contribution >= 0.6 is 0 Å². The van der Waals surface area contributed by atoms with Crippen molar-refractivity contribution in [1.82, 2.24) is 9.62 Å². The fourth-order valence-corrected chi connectivity index (χ4v) is 4.90. The first-order valence-electron chi connectivity index (χ1n) is 12.1. The third-order valence-electron chi connectivity index (χ3n) is 6.27. The second-order valence-electron chi connectivity index (χ2n) is 9.02. The number of hydrogen-bond donors (Lipinski definition) is 1. The van der Waals surface area contributed by atoms with Gasteiger partial charge in [0.15, 0.2) is 0 Å². The number of hydrogen-bond acceptors (Lipinski definition) is 6. The van der Waals surface area contributed by atoms with Gasteiger partial charge in [-0.1, -0.05) is 18.2 Å². The van der Waals surface area contributed by atoms with Crippen LogP contribution in [0.25, 0.3) is 11.1 Å². The van der Waals surface area contributed by atoms with E-state index in [9.17, 15) is 18.0 Å². The maximum Gasteiger partial charge on any atom is 0.264 e. The summed E-state index contributed by atoms with van der Waals surface area (Å²) in [6.07, 6.45) is 0.942. The van der Waals surface area contributed by atoms with E-state index in [1.807, 2.05) is 65.9 Å². The van der Waals surface area contributed by atoms with Gasteiger partial charge in [0, 0.05) is 43.0 Å². The summed E-state index contributed by atoms with van der Waals surface area (Å²) in [7, 11) is -3.62. The highest BCUT2D eigenvalue weighted by atomic mass is 32.2. The molecular weight excluding hydrogens is 490 g/mol. The molecule has 1 heterocycles. The molecule has 1 fully saturated rings. The van der Waals surface area contributed by atoms with Gasteiger partial charge in [0.05, 0.1) is 12.9 Å². The van der Waals surface area contributed by atoms with Crippen molar-refractivity contribution in [2.45, 2.75) is 13.8 Å². The summed E-state index contributed by atoms with van der Waals surface area (Å²) in [5.74, 6) is 0.169. The molecule has 0 atom stereocenters. The molecule has 0 saturated carbocycles. The summed E-state index contributed by atoms with van der Waals surface area (Å²) in [5.41, 5.74) is 4.99. The standard InChI is InChI=1S/C28H31N3O5S/c1-4-36-25-7-5-6-22(19-25)26-13-10-23(18-20(26)2)28(33)31-16-14-30(15-17-31)24-11-8-21(9-12-24)27(32)29-37(3,34)35/h5-13,18-19H,4,14-17H2,1-3H3,(H,29,32). The minimum Gasteiger partial charge on any atom is -0.494 e. The van der Waals surface area contributed by atoms with Crippen LogP contribution in [0, 0.1) is 6.92 Å². The van der Waals surface area contributed by atoms with Crippen LogP contribution in [0.4, 0.5) is 5.69 Å². The lowest BCUT2D eigenvalue weighted by atomic mass is 9.97. The van der Waals surface area contributed by atoms with Crippen LogP contribution in [-0.4, -0.2) is 64.2 Å². The third-order valence-corrected chi connectivity index (χ3v) is 6.83. The van der Waals surface area contributed by atoms with Crippen molar-refractivity contribution in [3.05, 3.63) is 83.4 Å². The minimum atomic E-state index is -3.62. The Morgan fingerprint density at radius 1 is 0.919 bits per heavy atom. The molecule has 1 aliphatic heterocycles. The Balaban J connectivity index is 1.38. The highest BCUT2D eigenvalue weighted by Gasteiger charge is 2.23. The van der Waals surface area contributed by atoms with Gasteiger partial charge in [-0.15, -0.1) is 0 Å². The van der Waals surface area contributed by atoms with Crippen LogP contribution in [0.3, 0.4) is 0 Å². The molecule has 1 N–H and O–H groups in total. The van der Waals surface area contributed by atoms with Gasteiger partial charge in [0.25, 0.3) is 11.8 Å². The lowest BCUT2D eigenvalue weighted by Gasteiger charge is -2.36. The zero-order valence-electron chi connectivity index (χ0n) is 21.2. The number of amides is 2. The average molecular weight is 522 g/mol. The van der Waals surface area contributed by atoms with E-state index >= 15 is 0 Å². The maximum atomic E-state index is 13.2. The Hall–Kier alpha value is -3.85. The van der Waals surface area contributed by atoms with Gasteiger partial charge in [-0.3, -0.25) is 9.59 Å². The smallest absolute Gasteiger partial charge is 0.264 e. The molecule has 4 rings (SSSR count). The number of nitrogens with one attached hydrogen (secondary N) is 1. The summed E-state index contributed by atoms with van der Waals surface area (Å²) >= 11 is 0. The van der Waals surface area contributed by atoms with E-state index in [-0.39, 0.29) is 11.5 Å². The molecule has 0 bridgehead atoms. The van der Waals surface area contributed by atoms with E-state index in [4.69, 9.17) is 4.74 Å². The molecule has 2 amide bonds. The van der Waals surface area contributed by atoms with Crippen molar-refractivity contribution in [3.63, 3.8) is 0 Å². The number of ether oxygens (including phenoxy) is 1. The summed E-state index contributed by atoms with van der Waals surface area (Å²) in [6, 6.07) is 20.5. The summed E-state index contributed by atoms with van der Waals surface area (Å²) < 4.78 is 30.1. The van der Waals surface area contributed by atoms with Crippen molar-refractivity contribution in [2.75, 3.05) is 43.9 Å². The van der Waals surface area contributed by atoms with E-state index in [2.05, 4.69) is 4.90 Å². The number of nitrogens with zero attached hydrogens (tertiary/aromatic N) is 2. The molecule has 3 aromatic carbocycles. The zero-order valence-corrected chi connectivity index (χ0v) is 22.0. The van der Waals surface area contributed by atoms with E-state index in [0.717, 1.165) is 34.4 Å². The van der Waals surface area contributed by atoms with E-state index < -0.39 is 15.9 Å². The number of sulfonamides is 1. The first-order chi connectivity index (χ1) is 17.6. The molecule has 0 unspecified atom stereocenters. The topological polar surface area (TPSA) is 96.0 Å². The fraction of sp³-hybridized carbons (Fsp3) is 0.286. The third kappa shape index (κ3) is 6.48. The monoisotopic (exact) mass is 521 g/mol. The quantitative estimate of drug-likeness (QED) is 0.509. The van der Waals surface area contributed by atoms with E-state index in [1.54, 1.807) is 24.3 Å². The highest BCUT2D eigenvalue weighted by molar-refractivity contribution is 7.89. The number of piperazine rings is 1. The normalized spacial score (nSPS) is 13.8. The first-order valence-corrected chi connectivity index (χ1v) is 14.0. The van der Waals surface area contributed by atoms with Crippen LogP contribution in [0.2, 0.25) is 0 Å². The van der Waals surface area contributed by atoms with Gasteiger partial charge in [-0.25, -0.2) is 13.1 Å². The molecular formula is C28H31N3O5S. The van der Waals surface area contributed by atoms with Crippen molar-refractivity contribution < 1.29 is 22.7 Å². The molecule has 0 aromatic heterocycles. The average Bonchev–Trinajstić information content (AvgIpc) is 2.88. The number of aryl methyl sites for hydroxylation is 1. The zero-order chi connectivity index (χ0) is 26.6. The van der Waals surface area contributed by atoms with Crippen LogP contribution in [0.1, 0.15) is 33.2 Å². The SMILES string of the molecule is CCOc1cccc(-c2ccc(C(=O)N3CCN(c4ccc(C(=O)NS(C)(=O)=O)cc4)CC3)cc2C)c1. The Labute approximate surface area is 217 Å². The lowest BCUT2D eigenvalue weighted by molar-refractivity contribution is 0.0746.